The first-order valence-electron chi connectivity index (χ1n) is 6.69. The van der Waals surface area contributed by atoms with E-state index in [4.69, 9.17) is 9.47 Å². The lowest BCUT2D eigenvalue weighted by atomic mass is 10.0. The molecule has 0 amide bonds. The van der Waals surface area contributed by atoms with Crippen molar-refractivity contribution in [3.63, 3.8) is 0 Å². The van der Waals surface area contributed by atoms with Crippen molar-refractivity contribution in [3.8, 4) is 0 Å². The molecule has 1 aromatic rings. The minimum atomic E-state index is -4.49. The summed E-state index contributed by atoms with van der Waals surface area (Å²) in [4.78, 5) is 11.9. The minimum Gasteiger partial charge on any atom is -0.511 e. The molecule has 0 unspecified atom stereocenters. The van der Waals surface area contributed by atoms with E-state index in [1.165, 1.54) is 26.0 Å². The molecule has 1 saturated heterocycles. The number of halogens is 3. The van der Waals surface area contributed by atoms with Crippen molar-refractivity contribution in [3.05, 3.63) is 59.1 Å². The van der Waals surface area contributed by atoms with Crippen LogP contribution in [-0.2, 0) is 26.9 Å². The molecule has 23 heavy (non-hydrogen) atoms. The van der Waals surface area contributed by atoms with Gasteiger partial charge in [0.2, 0.25) is 5.79 Å². The highest BCUT2D eigenvalue weighted by atomic mass is 19.4. The predicted molar refractivity (Wildman–Crippen MR) is 75.2 cm³/mol. The van der Waals surface area contributed by atoms with Gasteiger partial charge in [-0.05, 0) is 11.6 Å². The lowest BCUT2D eigenvalue weighted by molar-refractivity contribution is -0.208. The highest BCUT2D eigenvalue weighted by Crippen LogP contribution is 2.32. The molecular formula is C16H15F3O4. The molecule has 4 nitrogen and oxygen atoms in total. The van der Waals surface area contributed by atoms with E-state index in [2.05, 4.69) is 6.58 Å². The predicted octanol–water partition coefficient (Wildman–Crippen LogP) is 3.88. The van der Waals surface area contributed by atoms with Gasteiger partial charge in [0.1, 0.15) is 17.1 Å². The molecule has 1 fully saturated rings. The topological polar surface area (TPSA) is 55.8 Å². The molecule has 0 bridgehead atoms. The van der Waals surface area contributed by atoms with Crippen LogP contribution in [0.4, 0.5) is 13.2 Å². The highest BCUT2D eigenvalue weighted by molar-refractivity contribution is 5.94. The second-order valence-corrected chi connectivity index (χ2v) is 5.51. The van der Waals surface area contributed by atoms with E-state index in [-0.39, 0.29) is 23.3 Å². The molecule has 0 radical (unpaired) electrons. The normalized spacial score (nSPS) is 19.9. The zero-order chi connectivity index (χ0) is 17.4. The summed E-state index contributed by atoms with van der Waals surface area (Å²) in [5.41, 5.74) is -0.924. The smallest absolute Gasteiger partial charge is 0.416 e. The van der Waals surface area contributed by atoms with Gasteiger partial charge in [0.15, 0.2) is 0 Å². The van der Waals surface area contributed by atoms with Crippen molar-refractivity contribution in [1.82, 2.24) is 0 Å². The molecule has 1 aromatic carbocycles. The second-order valence-electron chi connectivity index (χ2n) is 5.51. The molecule has 0 aromatic heterocycles. The van der Waals surface area contributed by atoms with Crippen molar-refractivity contribution in [1.29, 1.82) is 0 Å². The monoisotopic (exact) mass is 328 g/mol. The Balaban J connectivity index is 2.29. The molecule has 1 aliphatic heterocycles. The van der Waals surface area contributed by atoms with Gasteiger partial charge in [0.05, 0.1) is 5.56 Å². The van der Waals surface area contributed by atoms with E-state index in [1.807, 2.05) is 0 Å². The van der Waals surface area contributed by atoms with Crippen molar-refractivity contribution < 1.29 is 32.5 Å². The highest BCUT2D eigenvalue weighted by Gasteiger charge is 2.37. The lowest BCUT2D eigenvalue weighted by Gasteiger charge is -2.33. The molecule has 7 heteroatoms. The fourth-order valence-corrected chi connectivity index (χ4v) is 2.17. The summed E-state index contributed by atoms with van der Waals surface area (Å²) in [6.45, 7) is 6.53. The first-order valence-corrected chi connectivity index (χ1v) is 6.69. The molecule has 2 rings (SSSR count). The summed E-state index contributed by atoms with van der Waals surface area (Å²) < 4.78 is 48.3. The SMILES string of the molecule is C=C1OC(C)(C)OC(=O)/C1=C(\O)Cc1cccc(C(F)(F)F)c1. The third-order valence-electron chi connectivity index (χ3n) is 3.10. The zero-order valence-corrected chi connectivity index (χ0v) is 12.5. The van der Waals surface area contributed by atoms with Crippen molar-refractivity contribution >= 4 is 5.97 Å². The largest absolute Gasteiger partial charge is 0.511 e. The van der Waals surface area contributed by atoms with Crippen LogP contribution in [0.25, 0.3) is 0 Å². The lowest BCUT2D eigenvalue weighted by Crippen LogP contribution is -2.38. The molecule has 0 atom stereocenters. The summed E-state index contributed by atoms with van der Waals surface area (Å²) in [6, 6.07) is 4.46. The van der Waals surface area contributed by atoms with Gasteiger partial charge in [0, 0.05) is 20.3 Å². The standard InChI is InChI=1S/C16H15F3O4/c1-9-13(14(21)23-15(2,3)22-9)12(20)8-10-5-4-6-11(7-10)16(17,18)19/h4-7,20H,1,8H2,2-3H3/b13-12-. The Labute approximate surface area is 130 Å². The van der Waals surface area contributed by atoms with Crippen LogP contribution in [-0.4, -0.2) is 16.9 Å². The fourth-order valence-electron chi connectivity index (χ4n) is 2.17. The van der Waals surface area contributed by atoms with Gasteiger partial charge in [-0.3, -0.25) is 0 Å². The first kappa shape index (κ1) is 16.9. The fraction of sp³-hybridized carbons (Fsp3) is 0.312. The third-order valence-corrected chi connectivity index (χ3v) is 3.10. The van der Waals surface area contributed by atoms with Crippen molar-refractivity contribution in [2.75, 3.05) is 0 Å². The first-order chi connectivity index (χ1) is 10.5. The summed E-state index contributed by atoms with van der Waals surface area (Å²) in [5.74, 6) is -2.60. The number of cyclic esters (lactones) is 1. The van der Waals surface area contributed by atoms with Crippen LogP contribution in [0.2, 0.25) is 0 Å². The van der Waals surface area contributed by atoms with Crippen LogP contribution in [0.3, 0.4) is 0 Å². The average molecular weight is 328 g/mol. The van der Waals surface area contributed by atoms with Gasteiger partial charge in [0.25, 0.3) is 0 Å². The summed E-state index contributed by atoms with van der Waals surface area (Å²) in [7, 11) is 0. The number of benzene rings is 1. The Bertz CT molecular complexity index is 665. The molecule has 0 spiro atoms. The molecule has 1 aliphatic rings. The summed E-state index contributed by atoms with van der Waals surface area (Å²) in [5, 5.41) is 10.1. The number of esters is 1. The Morgan fingerprint density at radius 2 is 1.96 bits per heavy atom. The Hall–Kier alpha value is -2.44. The summed E-state index contributed by atoms with van der Waals surface area (Å²) in [6.07, 6.45) is -4.77. The number of allylic oxidation sites excluding steroid dienone is 1. The Morgan fingerprint density at radius 3 is 2.52 bits per heavy atom. The molecule has 0 aliphatic carbocycles. The van der Waals surface area contributed by atoms with E-state index in [0.717, 1.165) is 12.1 Å². The number of ether oxygens (including phenoxy) is 2. The van der Waals surface area contributed by atoms with E-state index in [9.17, 15) is 23.1 Å². The van der Waals surface area contributed by atoms with Gasteiger partial charge in [-0.25, -0.2) is 4.79 Å². The third kappa shape index (κ3) is 3.85. The van der Waals surface area contributed by atoms with Crippen LogP contribution in [0.1, 0.15) is 25.0 Å². The van der Waals surface area contributed by atoms with Crippen LogP contribution >= 0.6 is 0 Å². The molecule has 1 N–H and O–H groups in total. The van der Waals surface area contributed by atoms with Gasteiger partial charge in [-0.15, -0.1) is 0 Å². The molecular weight excluding hydrogens is 313 g/mol. The van der Waals surface area contributed by atoms with Crippen molar-refractivity contribution in [2.45, 2.75) is 32.2 Å². The van der Waals surface area contributed by atoms with Crippen LogP contribution in [0.15, 0.2) is 47.9 Å². The van der Waals surface area contributed by atoms with Crippen LogP contribution < -0.4 is 0 Å². The zero-order valence-electron chi connectivity index (χ0n) is 12.5. The number of aliphatic hydroxyl groups is 1. The van der Waals surface area contributed by atoms with Crippen molar-refractivity contribution in [2.24, 2.45) is 0 Å². The van der Waals surface area contributed by atoms with E-state index < -0.39 is 29.3 Å². The maximum atomic E-state index is 12.7. The number of aliphatic hydroxyl groups excluding tert-OH is 1. The van der Waals surface area contributed by atoms with E-state index >= 15 is 0 Å². The maximum Gasteiger partial charge on any atom is 0.416 e. The molecule has 1 heterocycles. The number of carbonyl (C=O) groups excluding carboxylic acids is 1. The number of hydrogen-bond acceptors (Lipinski definition) is 4. The van der Waals surface area contributed by atoms with Crippen LogP contribution in [0.5, 0.6) is 0 Å². The molecule has 0 saturated carbocycles. The maximum absolute atomic E-state index is 12.7. The van der Waals surface area contributed by atoms with Gasteiger partial charge in [-0.1, -0.05) is 24.8 Å². The molecule has 124 valence electrons. The summed E-state index contributed by atoms with van der Waals surface area (Å²) >= 11 is 0. The number of hydrogen-bond donors (Lipinski definition) is 1. The Morgan fingerprint density at radius 1 is 1.30 bits per heavy atom. The minimum absolute atomic E-state index is 0.0873. The van der Waals surface area contributed by atoms with Gasteiger partial charge in [-0.2, -0.15) is 13.2 Å². The Kier molecular flexibility index (Phi) is 4.15. The number of alkyl halides is 3. The quantitative estimate of drug-likeness (QED) is 0.508. The van der Waals surface area contributed by atoms with Gasteiger partial charge >= 0.3 is 12.1 Å². The second kappa shape index (κ2) is 5.64. The number of rotatable bonds is 2. The average Bonchev–Trinajstić information content (AvgIpc) is 2.35. The van der Waals surface area contributed by atoms with Crippen LogP contribution in [0, 0.1) is 0 Å². The van der Waals surface area contributed by atoms with E-state index in [1.54, 1.807) is 0 Å². The van der Waals surface area contributed by atoms with Gasteiger partial charge < -0.3 is 14.6 Å². The van der Waals surface area contributed by atoms with E-state index in [0.29, 0.717) is 0 Å². The number of carbonyl (C=O) groups is 1.